The number of thioether (sulfide) groups is 1. The van der Waals surface area contributed by atoms with Crippen molar-refractivity contribution in [1.82, 2.24) is 14.8 Å². The van der Waals surface area contributed by atoms with Crippen LogP contribution < -0.4 is 5.32 Å². The van der Waals surface area contributed by atoms with E-state index in [1.54, 1.807) is 0 Å². The monoisotopic (exact) mass is 338 g/mol. The van der Waals surface area contributed by atoms with Crippen LogP contribution in [0.25, 0.3) is 11.4 Å². The van der Waals surface area contributed by atoms with Crippen molar-refractivity contribution in [3.63, 3.8) is 0 Å². The molecule has 0 unspecified atom stereocenters. The Balaban J connectivity index is 1.69. The molecule has 6 nitrogen and oxygen atoms in total. The highest BCUT2D eigenvalue weighted by Crippen LogP contribution is 2.22. The van der Waals surface area contributed by atoms with Gasteiger partial charge in [0.2, 0.25) is 12.3 Å². The summed E-state index contributed by atoms with van der Waals surface area (Å²) in [5.74, 6) is 0.417. The van der Waals surface area contributed by atoms with Gasteiger partial charge in [-0.05, 0) is 12.1 Å². The summed E-state index contributed by atoms with van der Waals surface area (Å²) < 4.78 is 1.34. The Bertz CT molecular complexity index is 834. The zero-order valence-corrected chi connectivity index (χ0v) is 13.4. The minimum absolute atomic E-state index is 0.135. The second kappa shape index (κ2) is 7.56. The number of nitrogens with one attached hydrogen (secondary N) is 1. The number of nitrogens with zero attached hydrogens (tertiary/aromatic N) is 3. The third kappa shape index (κ3) is 3.69. The second-order valence-corrected chi connectivity index (χ2v) is 5.79. The predicted octanol–water partition coefficient (Wildman–Crippen LogP) is 2.71. The lowest BCUT2D eigenvalue weighted by Crippen LogP contribution is -2.14. The minimum Gasteiger partial charge on any atom is -0.325 e. The van der Waals surface area contributed by atoms with Crippen molar-refractivity contribution in [3.05, 3.63) is 60.7 Å². The Morgan fingerprint density at radius 1 is 1.04 bits per heavy atom. The fraction of sp³-hybridized carbons (Fsp3) is 0.0588. The van der Waals surface area contributed by atoms with Gasteiger partial charge in [-0.2, -0.15) is 0 Å². The van der Waals surface area contributed by atoms with Gasteiger partial charge in [0.1, 0.15) is 0 Å². The molecule has 0 radical (unpaired) electrons. The van der Waals surface area contributed by atoms with Gasteiger partial charge in [0.05, 0.1) is 5.75 Å². The molecule has 0 saturated heterocycles. The third-order valence-corrected chi connectivity index (χ3v) is 4.13. The van der Waals surface area contributed by atoms with E-state index in [0.29, 0.717) is 17.4 Å². The number of benzene rings is 2. The number of hydrogen-bond donors (Lipinski definition) is 1. The van der Waals surface area contributed by atoms with Gasteiger partial charge in [-0.1, -0.05) is 60.3 Å². The molecule has 7 heteroatoms. The summed E-state index contributed by atoms with van der Waals surface area (Å²) in [6, 6.07) is 18.5. The van der Waals surface area contributed by atoms with Crippen LogP contribution in [-0.2, 0) is 9.59 Å². The maximum atomic E-state index is 12.0. The lowest BCUT2D eigenvalue weighted by Gasteiger charge is -2.05. The standard InChI is InChI=1S/C17H14N4O2S/c22-12-21-16(13-7-3-1-4-8-13)19-20-17(21)24-11-15(23)18-14-9-5-2-6-10-14/h1-10,12H,11H2,(H,18,23). The molecule has 120 valence electrons. The summed E-state index contributed by atoms with van der Waals surface area (Å²) in [7, 11) is 0. The molecule has 0 atom stereocenters. The zero-order valence-electron chi connectivity index (χ0n) is 12.6. The van der Waals surface area contributed by atoms with Crippen LogP contribution >= 0.6 is 11.8 Å². The molecule has 0 aliphatic heterocycles. The zero-order chi connectivity index (χ0) is 16.8. The molecule has 0 saturated carbocycles. The molecule has 0 fully saturated rings. The summed E-state index contributed by atoms with van der Waals surface area (Å²) in [6.45, 7) is 0. The van der Waals surface area contributed by atoms with Gasteiger partial charge in [-0.15, -0.1) is 10.2 Å². The van der Waals surface area contributed by atoms with Crippen molar-refractivity contribution < 1.29 is 9.59 Å². The van der Waals surface area contributed by atoms with Crippen LogP contribution in [0, 0.1) is 0 Å². The first-order chi connectivity index (χ1) is 11.8. The lowest BCUT2D eigenvalue weighted by molar-refractivity contribution is -0.113. The number of para-hydroxylation sites is 1. The molecule has 1 amide bonds. The number of anilines is 1. The minimum atomic E-state index is -0.173. The van der Waals surface area contributed by atoms with Crippen molar-refractivity contribution >= 4 is 29.8 Å². The number of rotatable bonds is 6. The summed E-state index contributed by atoms with van der Waals surface area (Å²) in [6.07, 6.45) is 0.653. The normalized spacial score (nSPS) is 10.3. The van der Waals surface area contributed by atoms with E-state index in [9.17, 15) is 9.59 Å². The molecule has 3 rings (SSSR count). The molecule has 2 aromatic carbocycles. The quantitative estimate of drug-likeness (QED) is 0.552. The fourth-order valence-corrected chi connectivity index (χ4v) is 2.80. The van der Waals surface area contributed by atoms with Crippen LogP contribution in [0.3, 0.4) is 0 Å². The van der Waals surface area contributed by atoms with Gasteiger partial charge in [0, 0.05) is 11.3 Å². The van der Waals surface area contributed by atoms with Crippen LogP contribution in [0.2, 0.25) is 0 Å². The highest BCUT2D eigenvalue weighted by molar-refractivity contribution is 7.99. The molecule has 24 heavy (non-hydrogen) atoms. The molecule has 0 aliphatic carbocycles. The molecular formula is C17H14N4O2S. The average Bonchev–Trinajstić information content (AvgIpc) is 3.04. The number of carbonyl (C=O) groups excluding carboxylic acids is 2. The predicted molar refractivity (Wildman–Crippen MR) is 93.4 cm³/mol. The SMILES string of the molecule is O=Cn1c(SCC(=O)Nc2ccccc2)nnc1-c1ccccc1. The van der Waals surface area contributed by atoms with E-state index in [0.717, 1.165) is 23.0 Å². The summed E-state index contributed by atoms with van der Waals surface area (Å²) >= 11 is 1.16. The van der Waals surface area contributed by atoms with Gasteiger partial charge in [-0.25, -0.2) is 4.57 Å². The molecular weight excluding hydrogens is 324 g/mol. The number of amides is 1. The van der Waals surface area contributed by atoms with Gasteiger partial charge in [-0.3, -0.25) is 9.59 Å². The van der Waals surface area contributed by atoms with Gasteiger partial charge >= 0.3 is 0 Å². The van der Waals surface area contributed by atoms with E-state index in [1.165, 1.54) is 4.57 Å². The van der Waals surface area contributed by atoms with E-state index < -0.39 is 0 Å². The Morgan fingerprint density at radius 3 is 2.38 bits per heavy atom. The largest absolute Gasteiger partial charge is 0.325 e. The molecule has 3 aromatic rings. The Morgan fingerprint density at radius 2 is 1.71 bits per heavy atom. The highest BCUT2D eigenvalue weighted by atomic mass is 32.2. The molecule has 1 aromatic heterocycles. The van der Waals surface area contributed by atoms with Crippen LogP contribution in [0.5, 0.6) is 0 Å². The summed E-state index contributed by atoms with van der Waals surface area (Å²) in [4.78, 5) is 23.4. The van der Waals surface area contributed by atoms with Crippen LogP contribution in [-0.4, -0.2) is 32.8 Å². The Hall–Kier alpha value is -2.93. The van der Waals surface area contributed by atoms with E-state index in [-0.39, 0.29) is 11.7 Å². The molecule has 0 aliphatic rings. The van der Waals surface area contributed by atoms with Gasteiger partial charge < -0.3 is 5.32 Å². The van der Waals surface area contributed by atoms with Crippen LogP contribution in [0.4, 0.5) is 5.69 Å². The van der Waals surface area contributed by atoms with Gasteiger partial charge in [0.15, 0.2) is 11.0 Å². The Kier molecular flexibility index (Phi) is 5.02. The molecule has 1 N–H and O–H groups in total. The number of aromatic nitrogens is 3. The number of hydrogen-bond acceptors (Lipinski definition) is 5. The van der Waals surface area contributed by atoms with Crippen molar-refractivity contribution in [2.75, 3.05) is 11.1 Å². The molecule has 1 heterocycles. The topological polar surface area (TPSA) is 76.9 Å². The summed E-state index contributed by atoms with van der Waals surface area (Å²) in [5, 5.41) is 11.2. The maximum absolute atomic E-state index is 12.0. The first kappa shape index (κ1) is 15.9. The van der Waals surface area contributed by atoms with E-state index in [4.69, 9.17) is 0 Å². The smallest absolute Gasteiger partial charge is 0.234 e. The summed E-state index contributed by atoms with van der Waals surface area (Å²) in [5.41, 5.74) is 1.52. The van der Waals surface area contributed by atoms with Crippen molar-refractivity contribution in [3.8, 4) is 11.4 Å². The maximum Gasteiger partial charge on any atom is 0.234 e. The highest BCUT2D eigenvalue weighted by Gasteiger charge is 2.15. The molecule has 0 bridgehead atoms. The fourth-order valence-electron chi connectivity index (χ4n) is 2.10. The second-order valence-electron chi connectivity index (χ2n) is 4.85. The average molecular weight is 338 g/mol. The van der Waals surface area contributed by atoms with E-state index >= 15 is 0 Å². The van der Waals surface area contributed by atoms with Crippen LogP contribution in [0.1, 0.15) is 0 Å². The first-order valence-electron chi connectivity index (χ1n) is 7.21. The van der Waals surface area contributed by atoms with Crippen molar-refractivity contribution in [1.29, 1.82) is 0 Å². The molecule has 0 spiro atoms. The van der Waals surface area contributed by atoms with Crippen molar-refractivity contribution in [2.45, 2.75) is 5.16 Å². The van der Waals surface area contributed by atoms with E-state index in [2.05, 4.69) is 15.5 Å². The van der Waals surface area contributed by atoms with Gasteiger partial charge in [0.25, 0.3) is 0 Å². The number of carbonyl (C=O) groups is 2. The lowest BCUT2D eigenvalue weighted by atomic mass is 10.2. The van der Waals surface area contributed by atoms with Crippen LogP contribution in [0.15, 0.2) is 65.8 Å². The first-order valence-corrected chi connectivity index (χ1v) is 8.20. The Labute approximate surface area is 142 Å². The van der Waals surface area contributed by atoms with Crippen molar-refractivity contribution in [2.24, 2.45) is 0 Å². The third-order valence-electron chi connectivity index (χ3n) is 3.19. The van der Waals surface area contributed by atoms with E-state index in [1.807, 2.05) is 60.7 Å².